The minimum Gasteiger partial charge on any atom is -0.296 e. The van der Waals surface area contributed by atoms with Crippen LogP contribution >= 0.6 is 11.6 Å². The minimum absolute atomic E-state index is 0.123. The monoisotopic (exact) mass is 155 g/mol. The first kappa shape index (κ1) is 5.80. The number of hydrogen-bond acceptors (Lipinski definition) is 3. The molecule has 2 aliphatic heterocycles. The van der Waals surface area contributed by atoms with Gasteiger partial charge in [-0.3, -0.25) is 10.3 Å². The first-order valence-corrected chi connectivity index (χ1v) is 3.38. The normalized spacial score (nSPS) is 27.9. The van der Waals surface area contributed by atoms with Crippen LogP contribution in [-0.2, 0) is 0 Å². The van der Waals surface area contributed by atoms with Crippen molar-refractivity contribution in [3.05, 3.63) is 24.4 Å². The average molecular weight is 156 g/mol. The zero-order valence-electron chi connectivity index (χ0n) is 5.16. The average Bonchev–Trinajstić information content (AvgIpc) is 2.34. The van der Waals surface area contributed by atoms with E-state index >= 15 is 0 Å². The van der Waals surface area contributed by atoms with Crippen molar-refractivity contribution in [1.29, 1.82) is 0 Å². The molecule has 0 aromatic rings. The summed E-state index contributed by atoms with van der Waals surface area (Å²) in [6.45, 7) is 0. The highest BCUT2D eigenvalue weighted by Crippen LogP contribution is 2.13. The molecule has 10 heavy (non-hydrogen) atoms. The van der Waals surface area contributed by atoms with Crippen LogP contribution in [0.1, 0.15) is 0 Å². The number of hydrazone groups is 1. The van der Waals surface area contributed by atoms with Crippen LogP contribution in [0.2, 0.25) is 0 Å². The molecule has 0 amide bonds. The standard InChI is InChI=1S/C6H6ClN3/c7-6-9-8-5-3-1-2-4-10(5)6/h1-5,8H. The van der Waals surface area contributed by atoms with Crippen LogP contribution in [0, 0.1) is 0 Å². The van der Waals surface area contributed by atoms with Crippen LogP contribution < -0.4 is 5.43 Å². The van der Waals surface area contributed by atoms with Crippen LogP contribution in [0.5, 0.6) is 0 Å². The SMILES string of the molecule is ClC1=NNC2C=CC=CN12. The Hall–Kier alpha value is -0.960. The van der Waals surface area contributed by atoms with Gasteiger partial charge in [-0.05, 0) is 23.8 Å². The van der Waals surface area contributed by atoms with E-state index < -0.39 is 0 Å². The predicted octanol–water partition coefficient (Wildman–Crippen LogP) is 0.811. The number of hydrogen-bond donors (Lipinski definition) is 1. The van der Waals surface area contributed by atoms with Crippen molar-refractivity contribution in [2.75, 3.05) is 0 Å². The third kappa shape index (κ3) is 0.708. The summed E-state index contributed by atoms with van der Waals surface area (Å²) in [4.78, 5) is 1.85. The Morgan fingerprint density at radius 3 is 3.30 bits per heavy atom. The highest BCUT2D eigenvalue weighted by atomic mass is 35.5. The molecule has 0 spiro atoms. The summed E-state index contributed by atoms with van der Waals surface area (Å²) in [5.41, 5.74) is 2.85. The van der Waals surface area contributed by atoms with Gasteiger partial charge >= 0.3 is 0 Å². The molecule has 1 unspecified atom stereocenters. The molecule has 2 aliphatic rings. The van der Waals surface area contributed by atoms with Gasteiger partial charge in [0, 0.05) is 6.20 Å². The summed E-state index contributed by atoms with van der Waals surface area (Å²) in [5, 5.41) is 4.33. The van der Waals surface area contributed by atoms with Crippen molar-refractivity contribution < 1.29 is 0 Å². The molecule has 0 fully saturated rings. The van der Waals surface area contributed by atoms with Crippen LogP contribution in [0.15, 0.2) is 29.5 Å². The lowest BCUT2D eigenvalue weighted by Crippen LogP contribution is -2.33. The first-order chi connectivity index (χ1) is 4.88. The molecule has 0 aromatic carbocycles. The largest absolute Gasteiger partial charge is 0.296 e. The van der Waals surface area contributed by atoms with E-state index in [0.717, 1.165) is 0 Å². The second-order valence-electron chi connectivity index (χ2n) is 2.09. The summed E-state index contributed by atoms with van der Waals surface area (Å²) in [7, 11) is 0. The van der Waals surface area contributed by atoms with Gasteiger partial charge < -0.3 is 0 Å². The van der Waals surface area contributed by atoms with Crippen molar-refractivity contribution in [2.45, 2.75) is 6.17 Å². The maximum absolute atomic E-state index is 5.71. The number of nitrogens with one attached hydrogen (secondary N) is 1. The van der Waals surface area contributed by atoms with Gasteiger partial charge in [0.05, 0.1) is 0 Å². The minimum atomic E-state index is 0.123. The van der Waals surface area contributed by atoms with E-state index in [1.807, 2.05) is 29.3 Å². The van der Waals surface area contributed by atoms with E-state index in [9.17, 15) is 0 Å². The fraction of sp³-hybridized carbons (Fsp3) is 0.167. The fourth-order valence-corrected chi connectivity index (χ4v) is 1.17. The molecular weight excluding hydrogens is 150 g/mol. The van der Waals surface area contributed by atoms with E-state index in [1.165, 1.54) is 0 Å². The van der Waals surface area contributed by atoms with Crippen LogP contribution in [0.3, 0.4) is 0 Å². The van der Waals surface area contributed by atoms with Gasteiger partial charge in [0.2, 0.25) is 5.29 Å². The van der Waals surface area contributed by atoms with Crippen molar-refractivity contribution in [1.82, 2.24) is 10.3 Å². The molecule has 0 aliphatic carbocycles. The quantitative estimate of drug-likeness (QED) is 0.525. The lowest BCUT2D eigenvalue weighted by molar-refractivity contribution is 0.448. The summed E-state index contributed by atoms with van der Waals surface area (Å²) in [6.07, 6.45) is 7.87. The van der Waals surface area contributed by atoms with Gasteiger partial charge in [-0.15, -0.1) is 5.10 Å². The van der Waals surface area contributed by atoms with Gasteiger partial charge in [-0.1, -0.05) is 6.08 Å². The zero-order chi connectivity index (χ0) is 6.97. The lowest BCUT2D eigenvalue weighted by atomic mass is 10.3. The van der Waals surface area contributed by atoms with Gasteiger partial charge in [-0.2, -0.15) is 0 Å². The third-order valence-electron chi connectivity index (χ3n) is 1.45. The Kier molecular flexibility index (Phi) is 1.17. The Morgan fingerprint density at radius 1 is 1.60 bits per heavy atom. The second kappa shape index (κ2) is 2.02. The van der Waals surface area contributed by atoms with Crippen LogP contribution in [0.25, 0.3) is 0 Å². The van der Waals surface area contributed by atoms with E-state index in [4.69, 9.17) is 11.6 Å². The number of rotatable bonds is 0. The molecule has 0 radical (unpaired) electrons. The van der Waals surface area contributed by atoms with Crippen LogP contribution in [-0.4, -0.2) is 16.4 Å². The van der Waals surface area contributed by atoms with Crippen molar-refractivity contribution >= 4 is 16.9 Å². The van der Waals surface area contributed by atoms with Gasteiger partial charge in [0.1, 0.15) is 6.17 Å². The molecule has 1 atom stereocenters. The molecule has 2 rings (SSSR count). The van der Waals surface area contributed by atoms with Gasteiger partial charge in [0.25, 0.3) is 0 Å². The Bertz CT molecular complexity index is 231. The number of nitrogens with zero attached hydrogens (tertiary/aromatic N) is 2. The Balaban J connectivity index is 2.27. The predicted molar refractivity (Wildman–Crippen MR) is 40.3 cm³/mol. The number of amidine groups is 1. The summed E-state index contributed by atoms with van der Waals surface area (Å²) in [5.74, 6) is 0. The molecule has 4 heteroatoms. The number of fused-ring (bicyclic) bond motifs is 1. The lowest BCUT2D eigenvalue weighted by Gasteiger charge is -2.19. The number of allylic oxidation sites excluding steroid dienone is 2. The Labute approximate surface area is 63.7 Å². The van der Waals surface area contributed by atoms with E-state index in [-0.39, 0.29) is 6.17 Å². The Morgan fingerprint density at radius 2 is 2.50 bits per heavy atom. The molecular formula is C6H6ClN3. The molecule has 2 heterocycles. The highest BCUT2D eigenvalue weighted by molar-refractivity contribution is 6.64. The highest BCUT2D eigenvalue weighted by Gasteiger charge is 2.22. The van der Waals surface area contributed by atoms with Gasteiger partial charge in [0.15, 0.2) is 0 Å². The molecule has 0 saturated heterocycles. The smallest absolute Gasteiger partial charge is 0.222 e. The summed E-state index contributed by atoms with van der Waals surface area (Å²) >= 11 is 5.71. The molecule has 3 nitrogen and oxygen atoms in total. The fourth-order valence-electron chi connectivity index (χ4n) is 0.956. The maximum Gasteiger partial charge on any atom is 0.222 e. The summed E-state index contributed by atoms with van der Waals surface area (Å²) in [6, 6.07) is 0. The molecule has 0 saturated carbocycles. The van der Waals surface area contributed by atoms with E-state index in [1.54, 1.807) is 0 Å². The van der Waals surface area contributed by atoms with Crippen molar-refractivity contribution in [3.63, 3.8) is 0 Å². The maximum atomic E-state index is 5.71. The second-order valence-corrected chi connectivity index (χ2v) is 2.43. The zero-order valence-corrected chi connectivity index (χ0v) is 5.92. The molecule has 52 valence electrons. The molecule has 1 N–H and O–H groups in total. The van der Waals surface area contributed by atoms with Crippen molar-refractivity contribution in [3.8, 4) is 0 Å². The van der Waals surface area contributed by atoms with Gasteiger partial charge in [-0.25, -0.2) is 0 Å². The number of halogens is 1. The third-order valence-corrected chi connectivity index (χ3v) is 1.73. The van der Waals surface area contributed by atoms with Crippen LogP contribution in [0.4, 0.5) is 0 Å². The molecule has 0 aromatic heterocycles. The van der Waals surface area contributed by atoms with E-state index in [2.05, 4.69) is 10.5 Å². The molecule has 0 bridgehead atoms. The first-order valence-electron chi connectivity index (χ1n) is 3.00. The topological polar surface area (TPSA) is 27.6 Å². The summed E-state index contributed by atoms with van der Waals surface area (Å²) < 4.78 is 0. The van der Waals surface area contributed by atoms with Crippen molar-refractivity contribution in [2.24, 2.45) is 5.10 Å². The van der Waals surface area contributed by atoms with E-state index in [0.29, 0.717) is 5.29 Å².